The van der Waals surface area contributed by atoms with Crippen molar-refractivity contribution in [2.24, 2.45) is 16.0 Å². The van der Waals surface area contributed by atoms with Gasteiger partial charge in [-0.05, 0) is 20.3 Å². The van der Waals surface area contributed by atoms with Crippen LogP contribution in [-0.2, 0) is 32.7 Å². The average Bonchev–Trinajstić information content (AvgIpc) is 2.10. The predicted molar refractivity (Wildman–Crippen MR) is 60.4 cm³/mol. The third-order valence-electron chi connectivity index (χ3n) is 2.25. The Morgan fingerprint density at radius 2 is 1.93 bits per heavy atom. The molecule has 0 aromatic carbocycles. The number of rotatable bonds is 6. The van der Waals surface area contributed by atoms with E-state index in [1.54, 1.807) is 11.9 Å². The van der Waals surface area contributed by atoms with Crippen LogP contribution in [0.5, 0.6) is 0 Å². The quantitative estimate of drug-likeness (QED) is 0.265. The molecule has 0 aliphatic heterocycles. The van der Waals surface area contributed by atoms with Crippen LogP contribution in [0, 0.1) is 0 Å². The number of hydrogen-bond acceptors (Lipinski definition) is 4. The molecule has 15 heavy (non-hydrogen) atoms. The molecule has 0 spiro atoms. The molecule has 0 saturated carbocycles. The van der Waals surface area contributed by atoms with E-state index in [2.05, 4.69) is 36.5 Å². The summed E-state index contributed by atoms with van der Waals surface area (Å²) < 4.78 is 0. The summed E-state index contributed by atoms with van der Waals surface area (Å²) in [5.74, 6) is 5.69. The average molecular weight is 285 g/mol. The van der Waals surface area contributed by atoms with Crippen LogP contribution in [0.15, 0.2) is 10.2 Å². The molecule has 0 aliphatic rings. The van der Waals surface area contributed by atoms with Crippen molar-refractivity contribution in [3.63, 3.8) is 0 Å². The Morgan fingerprint density at radius 1 is 1.33 bits per heavy atom. The van der Waals surface area contributed by atoms with Crippen LogP contribution in [0.3, 0.4) is 0 Å². The van der Waals surface area contributed by atoms with E-state index in [4.69, 9.17) is 5.84 Å². The topological polar surface area (TPSA) is 54.0 Å². The Balaban J connectivity index is 0. The van der Waals surface area contributed by atoms with E-state index in [-0.39, 0.29) is 38.2 Å². The Labute approximate surface area is 118 Å². The molecule has 4 nitrogen and oxygen atoms in total. The Hall–Kier alpha value is 0.364. The second kappa shape index (κ2) is 9.58. The molecule has 0 aromatic heterocycles. The largest absolute Gasteiger partial charge is 0.414 e. The predicted octanol–water partition coefficient (Wildman–Crippen LogP) is 1.57. The minimum Gasteiger partial charge on any atom is -0.414 e. The van der Waals surface area contributed by atoms with Crippen LogP contribution in [0.1, 0.15) is 40.0 Å². The van der Waals surface area contributed by atoms with Crippen molar-refractivity contribution >= 4 is 12.4 Å². The molecule has 0 aromatic rings. The minimum atomic E-state index is 0. The van der Waals surface area contributed by atoms with Crippen molar-refractivity contribution < 1.29 is 32.7 Å². The molecule has 5 heteroatoms. The van der Waals surface area contributed by atoms with Gasteiger partial charge < -0.3 is 22.6 Å². The SMILES string of the molecule is C[C-]=NN=[C-]CCCC(C)(C)N(C)N.[Y]. The third kappa shape index (κ3) is 9.30. The molecule has 0 fully saturated rings. The fraction of sp³-hybridized carbons (Fsp3) is 0.800. The van der Waals surface area contributed by atoms with Crippen molar-refractivity contribution in [2.45, 2.75) is 45.6 Å². The summed E-state index contributed by atoms with van der Waals surface area (Å²) >= 11 is 0. The standard InChI is InChI=1S/C10H20N4.Y/c1-5-12-13-9-7-6-8-10(2,3)14(4)11;/h6-8,11H2,1-4H3;/q-2;. The maximum atomic E-state index is 5.69. The van der Waals surface area contributed by atoms with E-state index in [0.717, 1.165) is 19.3 Å². The number of hydrogen-bond donors (Lipinski definition) is 1. The van der Waals surface area contributed by atoms with Crippen molar-refractivity contribution in [1.29, 1.82) is 0 Å². The second-order valence-electron chi connectivity index (χ2n) is 3.86. The van der Waals surface area contributed by atoms with E-state index >= 15 is 0 Å². The first-order valence-electron chi connectivity index (χ1n) is 4.78. The van der Waals surface area contributed by atoms with Gasteiger partial charge >= 0.3 is 0 Å². The van der Waals surface area contributed by atoms with Crippen molar-refractivity contribution in [2.75, 3.05) is 7.05 Å². The van der Waals surface area contributed by atoms with Gasteiger partial charge in [-0.2, -0.15) is 13.3 Å². The summed E-state index contributed by atoms with van der Waals surface area (Å²) in [6.45, 7) is 5.93. The first-order chi connectivity index (χ1) is 6.50. The minimum absolute atomic E-state index is 0. The zero-order chi connectivity index (χ0) is 11.0. The number of unbranched alkanes of at least 4 members (excludes halogenated alkanes) is 1. The van der Waals surface area contributed by atoms with Crippen LogP contribution in [0.4, 0.5) is 0 Å². The van der Waals surface area contributed by atoms with Gasteiger partial charge in [0.05, 0.1) is 0 Å². The molecule has 0 heterocycles. The van der Waals surface area contributed by atoms with Crippen LogP contribution >= 0.6 is 0 Å². The fourth-order valence-corrected chi connectivity index (χ4v) is 0.912. The van der Waals surface area contributed by atoms with Crippen LogP contribution in [-0.4, -0.2) is 30.0 Å². The molecule has 1 radical (unpaired) electrons. The van der Waals surface area contributed by atoms with Crippen LogP contribution < -0.4 is 5.84 Å². The molecule has 0 atom stereocenters. The zero-order valence-corrected chi connectivity index (χ0v) is 13.0. The summed E-state index contributed by atoms with van der Waals surface area (Å²) in [6, 6.07) is 0. The van der Waals surface area contributed by atoms with E-state index < -0.39 is 0 Å². The summed E-state index contributed by atoms with van der Waals surface area (Å²) in [5, 5.41) is 8.98. The van der Waals surface area contributed by atoms with E-state index in [1.807, 2.05) is 7.05 Å². The number of nitrogens with two attached hydrogens (primary N) is 1. The van der Waals surface area contributed by atoms with Gasteiger partial charge in [-0.1, -0.05) is 6.42 Å². The monoisotopic (exact) mass is 285 g/mol. The van der Waals surface area contributed by atoms with Crippen molar-refractivity contribution in [1.82, 2.24) is 5.01 Å². The Morgan fingerprint density at radius 3 is 2.40 bits per heavy atom. The molecule has 0 saturated heterocycles. The second-order valence-corrected chi connectivity index (χ2v) is 3.86. The number of hydrazine groups is 1. The summed E-state index contributed by atoms with van der Waals surface area (Å²) in [5.41, 5.74) is 0.0296. The summed E-state index contributed by atoms with van der Waals surface area (Å²) in [4.78, 5) is 0. The van der Waals surface area contributed by atoms with E-state index in [1.165, 1.54) is 0 Å². The van der Waals surface area contributed by atoms with Crippen LogP contribution in [0.25, 0.3) is 0 Å². The molecule has 0 rings (SSSR count). The van der Waals surface area contributed by atoms with E-state index in [0.29, 0.717) is 0 Å². The first-order valence-corrected chi connectivity index (χ1v) is 4.78. The summed E-state index contributed by atoms with van der Waals surface area (Å²) in [7, 11) is 1.88. The fourth-order valence-electron chi connectivity index (χ4n) is 0.912. The third-order valence-corrected chi connectivity index (χ3v) is 2.25. The van der Waals surface area contributed by atoms with Gasteiger partial charge in [0, 0.05) is 45.3 Å². The van der Waals surface area contributed by atoms with Gasteiger partial charge in [0.15, 0.2) is 0 Å². The van der Waals surface area contributed by atoms with Crippen molar-refractivity contribution in [3.05, 3.63) is 0 Å². The molecule has 0 unspecified atom stereocenters. The van der Waals surface area contributed by atoms with Gasteiger partial charge in [0.2, 0.25) is 0 Å². The van der Waals surface area contributed by atoms with Gasteiger partial charge in [-0.15, -0.1) is 0 Å². The van der Waals surface area contributed by atoms with Gasteiger partial charge in [0.1, 0.15) is 0 Å². The first kappa shape index (κ1) is 17.7. The maximum Gasteiger partial charge on any atom is 0.0291 e. The maximum absolute atomic E-state index is 5.69. The smallest absolute Gasteiger partial charge is 0.0291 e. The Bertz CT molecular complexity index is 200. The molecule has 0 aliphatic carbocycles. The van der Waals surface area contributed by atoms with Crippen LogP contribution in [0.2, 0.25) is 0 Å². The molecular weight excluding hydrogens is 265 g/mol. The van der Waals surface area contributed by atoms with Crippen molar-refractivity contribution in [3.8, 4) is 0 Å². The normalized spacial score (nSPS) is 12.7. The van der Waals surface area contributed by atoms with Gasteiger partial charge in [-0.3, -0.25) is 5.84 Å². The van der Waals surface area contributed by atoms with Gasteiger partial charge in [0.25, 0.3) is 0 Å². The van der Waals surface area contributed by atoms with Gasteiger partial charge in [-0.25, -0.2) is 5.01 Å². The Kier molecular flexibility index (Phi) is 11.3. The molecule has 85 valence electrons. The number of nitrogens with zero attached hydrogens (tertiary/aromatic N) is 3. The van der Waals surface area contributed by atoms with E-state index in [9.17, 15) is 0 Å². The molecule has 2 N–H and O–H groups in total. The molecular formula is C10H20N4Y-2. The molecule has 0 bridgehead atoms. The summed E-state index contributed by atoms with van der Waals surface area (Å²) in [6.07, 6.45) is 8.23. The zero-order valence-electron chi connectivity index (χ0n) is 10.1. The molecule has 0 amide bonds.